The molecule has 0 spiro atoms. The predicted molar refractivity (Wildman–Crippen MR) is 75.5 cm³/mol. The summed E-state index contributed by atoms with van der Waals surface area (Å²) in [5.41, 5.74) is 1.29. The summed E-state index contributed by atoms with van der Waals surface area (Å²) in [7, 11) is 0. The van der Waals surface area contributed by atoms with Gasteiger partial charge in [0.05, 0.1) is 13.2 Å². The zero-order valence-electron chi connectivity index (χ0n) is 10.2. The molecule has 1 amide bonds. The number of hydrogen-bond acceptors (Lipinski definition) is 4. The minimum atomic E-state index is 0. The van der Waals surface area contributed by atoms with E-state index in [4.69, 9.17) is 4.74 Å². The van der Waals surface area contributed by atoms with Gasteiger partial charge in [-0.15, -0.1) is 12.4 Å². The van der Waals surface area contributed by atoms with Gasteiger partial charge >= 0.3 is 0 Å². The number of morpholine rings is 1. The van der Waals surface area contributed by atoms with Gasteiger partial charge in [-0.25, -0.2) is 0 Å². The Morgan fingerprint density at radius 2 is 2.50 bits per heavy atom. The van der Waals surface area contributed by atoms with Crippen LogP contribution in [0.2, 0.25) is 0 Å². The van der Waals surface area contributed by atoms with Crippen molar-refractivity contribution in [2.45, 2.75) is 18.9 Å². The van der Waals surface area contributed by atoms with Crippen LogP contribution in [0.15, 0.2) is 16.8 Å². The van der Waals surface area contributed by atoms with E-state index in [1.807, 2.05) is 0 Å². The van der Waals surface area contributed by atoms with E-state index in [1.54, 1.807) is 11.3 Å². The number of halogens is 1. The first-order valence-electron chi connectivity index (χ1n) is 5.93. The van der Waals surface area contributed by atoms with Crippen LogP contribution in [0, 0.1) is 0 Å². The summed E-state index contributed by atoms with van der Waals surface area (Å²) in [6.07, 6.45) is 1.41. The zero-order chi connectivity index (χ0) is 11.9. The van der Waals surface area contributed by atoms with Crippen molar-refractivity contribution in [1.29, 1.82) is 0 Å². The molecule has 1 saturated heterocycles. The van der Waals surface area contributed by atoms with Gasteiger partial charge in [-0.3, -0.25) is 4.79 Å². The van der Waals surface area contributed by atoms with Crippen LogP contribution >= 0.6 is 23.7 Å². The Kier molecular flexibility index (Phi) is 7.27. The molecule has 1 aliphatic heterocycles. The van der Waals surface area contributed by atoms with E-state index < -0.39 is 0 Å². The lowest BCUT2D eigenvalue weighted by atomic mass is 10.2. The van der Waals surface area contributed by atoms with E-state index in [9.17, 15) is 4.79 Å². The number of carbonyl (C=O) groups excluding carboxylic acids is 1. The summed E-state index contributed by atoms with van der Waals surface area (Å²) in [5, 5.41) is 10.4. The molecule has 1 unspecified atom stereocenters. The van der Waals surface area contributed by atoms with Crippen LogP contribution in [0.4, 0.5) is 0 Å². The van der Waals surface area contributed by atoms with Gasteiger partial charge in [0.25, 0.3) is 0 Å². The van der Waals surface area contributed by atoms with Gasteiger partial charge in [0.15, 0.2) is 0 Å². The lowest BCUT2D eigenvalue weighted by Crippen LogP contribution is -2.44. The Hall–Kier alpha value is -0.620. The van der Waals surface area contributed by atoms with Gasteiger partial charge < -0.3 is 15.4 Å². The molecule has 0 radical (unpaired) electrons. The first-order chi connectivity index (χ1) is 8.34. The molecule has 0 bridgehead atoms. The van der Waals surface area contributed by atoms with E-state index >= 15 is 0 Å². The Balaban J connectivity index is 0.00000162. The third-order valence-corrected chi connectivity index (χ3v) is 3.48. The average Bonchev–Trinajstić information content (AvgIpc) is 2.83. The molecule has 1 aromatic heterocycles. The number of amides is 1. The smallest absolute Gasteiger partial charge is 0.221 e. The van der Waals surface area contributed by atoms with Crippen LogP contribution in [0.25, 0.3) is 0 Å². The van der Waals surface area contributed by atoms with Crippen molar-refractivity contribution in [3.05, 3.63) is 22.4 Å². The quantitative estimate of drug-likeness (QED) is 0.857. The van der Waals surface area contributed by atoms with Gasteiger partial charge in [0.2, 0.25) is 5.91 Å². The topological polar surface area (TPSA) is 50.4 Å². The van der Waals surface area contributed by atoms with Crippen LogP contribution < -0.4 is 10.6 Å². The molecule has 18 heavy (non-hydrogen) atoms. The van der Waals surface area contributed by atoms with Gasteiger partial charge in [0.1, 0.15) is 0 Å². The molecule has 1 aliphatic rings. The van der Waals surface area contributed by atoms with Crippen molar-refractivity contribution < 1.29 is 9.53 Å². The van der Waals surface area contributed by atoms with Crippen molar-refractivity contribution in [1.82, 2.24) is 10.6 Å². The molecule has 2 rings (SSSR count). The highest BCUT2D eigenvalue weighted by atomic mass is 35.5. The minimum absolute atomic E-state index is 0. The number of nitrogens with one attached hydrogen (secondary N) is 2. The van der Waals surface area contributed by atoms with Crippen molar-refractivity contribution in [2.24, 2.45) is 0 Å². The van der Waals surface area contributed by atoms with E-state index in [0.29, 0.717) is 19.6 Å². The zero-order valence-corrected chi connectivity index (χ0v) is 11.8. The van der Waals surface area contributed by atoms with E-state index in [0.717, 1.165) is 19.6 Å². The summed E-state index contributed by atoms with van der Waals surface area (Å²) in [4.78, 5) is 11.6. The Morgan fingerprint density at radius 1 is 1.61 bits per heavy atom. The summed E-state index contributed by atoms with van der Waals surface area (Å²) in [5.74, 6) is 0.100. The molecular formula is C12H19ClN2O2S. The molecule has 0 saturated carbocycles. The molecule has 0 aliphatic carbocycles. The molecule has 2 heterocycles. The number of hydrogen-bond donors (Lipinski definition) is 2. The van der Waals surface area contributed by atoms with Crippen LogP contribution in [-0.2, 0) is 16.0 Å². The lowest BCUT2D eigenvalue weighted by molar-refractivity contribution is -0.122. The molecule has 2 N–H and O–H groups in total. The highest BCUT2D eigenvalue weighted by Crippen LogP contribution is 2.05. The largest absolute Gasteiger partial charge is 0.378 e. The number of rotatable bonds is 5. The van der Waals surface area contributed by atoms with Gasteiger partial charge in [-0.1, -0.05) is 0 Å². The second-order valence-electron chi connectivity index (χ2n) is 4.16. The Bertz CT molecular complexity index is 340. The summed E-state index contributed by atoms with van der Waals surface area (Å²) < 4.78 is 5.31. The molecule has 102 valence electrons. The van der Waals surface area contributed by atoms with Gasteiger partial charge in [0, 0.05) is 25.6 Å². The molecule has 6 heteroatoms. The minimum Gasteiger partial charge on any atom is -0.378 e. The Labute approximate surface area is 118 Å². The third-order valence-electron chi connectivity index (χ3n) is 2.75. The average molecular weight is 291 g/mol. The second-order valence-corrected chi connectivity index (χ2v) is 4.94. The SMILES string of the molecule is Cl.O=C(CC1COCCN1)NCCc1ccsc1. The maximum atomic E-state index is 11.6. The number of thiophene rings is 1. The first kappa shape index (κ1) is 15.4. The summed E-state index contributed by atoms with van der Waals surface area (Å²) >= 11 is 1.69. The van der Waals surface area contributed by atoms with E-state index in [1.165, 1.54) is 5.56 Å². The van der Waals surface area contributed by atoms with Crippen LogP contribution in [0.1, 0.15) is 12.0 Å². The normalized spacial score (nSPS) is 19.0. The fourth-order valence-corrected chi connectivity index (χ4v) is 2.53. The van der Waals surface area contributed by atoms with Gasteiger partial charge in [-0.2, -0.15) is 11.3 Å². The lowest BCUT2D eigenvalue weighted by Gasteiger charge is -2.23. The number of ether oxygens (including phenoxy) is 1. The summed E-state index contributed by atoms with van der Waals surface area (Å²) in [6.45, 7) is 2.93. The highest BCUT2D eigenvalue weighted by molar-refractivity contribution is 7.07. The van der Waals surface area contributed by atoms with Crippen LogP contribution in [0.3, 0.4) is 0 Å². The molecule has 1 atom stereocenters. The number of carbonyl (C=O) groups is 1. The third kappa shape index (κ3) is 5.35. The molecule has 4 nitrogen and oxygen atoms in total. The predicted octanol–water partition coefficient (Wildman–Crippen LogP) is 1.21. The van der Waals surface area contributed by atoms with Crippen LogP contribution in [-0.4, -0.2) is 38.3 Å². The Morgan fingerprint density at radius 3 is 3.17 bits per heavy atom. The second kappa shape index (κ2) is 8.48. The van der Waals surface area contributed by atoms with Crippen molar-refractivity contribution in [2.75, 3.05) is 26.3 Å². The molecule has 0 aromatic carbocycles. The maximum absolute atomic E-state index is 11.6. The maximum Gasteiger partial charge on any atom is 0.221 e. The van der Waals surface area contributed by atoms with Crippen LogP contribution in [0.5, 0.6) is 0 Å². The van der Waals surface area contributed by atoms with Crippen molar-refractivity contribution >= 4 is 29.7 Å². The highest BCUT2D eigenvalue weighted by Gasteiger charge is 2.16. The monoisotopic (exact) mass is 290 g/mol. The first-order valence-corrected chi connectivity index (χ1v) is 6.88. The van der Waals surface area contributed by atoms with E-state index in [2.05, 4.69) is 27.5 Å². The van der Waals surface area contributed by atoms with Crippen molar-refractivity contribution in [3.8, 4) is 0 Å². The molecule has 1 fully saturated rings. The van der Waals surface area contributed by atoms with Crippen molar-refractivity contribution in [3.63, 3.8) is 0 Å². The van der Waals surface area contributed by atoms with Gasteiger partial charge in [-0.05, 0) is 28.8 Å². The fourth-order valence-electron chi connectivity index (χ4n) is 1.83. The fraction of sp³-hybridized carbons (Fsp3) is 0.583. The summed E-state index contributed by atoms with van der Waals surface area (Å²) in [6, 6.07) is 2.26. The van der Waals surface area contributed by atoms with E-state index in [-0.39, 0.29) is 24.4 Å². The standard InChI is InChI=1S/C12H18N2O2S.ClH/c15-12(7-11-8-16-5-4-13-11)14-3-1-10-2-6-17-9-10;/h2,6,9,11,13H,1,3-5,7-8H2,(H,14,15);1H. The molecular weight excluding hydrogens is 272 g/mol. The molecule has 1 aromatic rings.